The quantitative estimate of drug-likeness (QED) is 0.522. The molecule has 2 atom stereocenters. The van der Waals surface area contributed by atoms with Crippen LogP contribution in [0.4, 0.5) is 4.39 Å². The van der Waals surface area contributed by atoms with Crippen molar-refractivity contribution in [1.82, 2.24) is 0 Å². The SMILES string of the molecule is CCOC(=O)C1(C(=O)OCC)[C@H](Cc2ccccc2)CO[C@H]1c1ccc(F)cc1. The highest BCUT2D eigenvalue weighted by Crippen LogP contribution is 2.52. The molecule has 2 aromatic rings. The van der Waals surface area contributed by atoms with E-state index in [9.17, 15) is 14.0 Å². The minimum absolute atomic E-state index is 0.119. The van der Waals surface area contributed by atoms with Crippen LogP contribution in [0.3, 0.4) is 0 Å². The maximum absolute atomic E-state index is 13.5. The smallest absolute Gasteiger partial charge is 0.326 e. The summed E-state index contributed by atoms with van der Waals surface area (Å²) in [6.45, 7) is 3.79. The van der Waals surface area contributed by atoms with Crippen molar-refractivity contribution in [1.29, 1.82) is 0 Å². The average molecular weight is 400 g/mol. The lowest BCUT2D eigenvalue weighted by Crippen LogP contribution is -2.49. The Labute approximate surface area is 169 Å². The Bertz CT molecular complexity index is 816. The van der Waals surface area contributed by atoms with E-state index in [1.807, 2.05) is 30.3 Å². The third kappa shape index (κ3) is 4.03. The van der Waals surface area contributed by atoms with E-state index in [4.69, 9.17) is 14.2 Å². The number of carbonyl (C=O) groups is 2. The van der Waals surface area contributed by atoms with Crippen molar-refractivity contribution in [2.75, 3.05) is 19.8 Å². The van der Waals surface area contributed by atoms with Crippen LogP contribution >= 0.6 is 0 Å². The Kier molecular flexibility index (Phi) is 6.64. The molecule has 154 valence electrons. The molecule has 0 spiro atoms. The second-order valence-electron chi connectivity index (χ2n) is 6.96. The number of rotatable bonds is 7. The number of ether oxygens (including phenoxy) is 3. The van der Waals surface area contributed by atoms with Gasteiger partial charge in [0.25, 0.3) is 0 Å². The Morgan fingerprint density at radius 2 is 1.59 bits per heavy atom. The van der Waals surface area contributed by atoms with E-state index in [2.05, 4.69) is 0 Å². The van der Waals surface area contributed by atoms with Crippen molar-refractivity contribution < 1.29 is 28.2 Å². The van der Waals surface area contributed by atoms with Crippen LogP contribution in [0.25, 0.3) is 0 Å². The molecule has 0 bridgehead atoms. The van der Waals surface area contributed by atoms with Gasteiger partial charge < -0.3 is 14.2 Å². The molecule has 5 nitrogen and oxygen atoms in total. The molecule has 1 saturated heterocycles. The number of carbonyl (C=O) groups excluding carboxylic acids is 2. The Morgan fingerprint density at radius 3 is 2.14 bits per heavy atom. The summed E-state index contributed by atoms with van der Waals surface area (Å²) in [5, 5.41) is 0. The van der Waals surface area contributed by atoms with Gasteiger partial charge in [-0.3, -0.25) is 9.59 Å². The Balaban J connectivity index is 2.10. The minimum Gasteiger partial charge on any atom is -0.465 e. The van der Waals surface area contributed by atoms with Crippen LogP contribution in [0.15, 0.2) is 54.6 Å². The topological polar surface area (TPSA) is 61.8 Å². The van der Waals surface area contributed by atoms with Crippen LogP contribution in [0.1, 0.15) is 31.1 Å². The van der Waals surface area contributed by atoms with Crippen molar-refractivity contribution in [3.8, 4) is 0 Å². The van der Waals surface area contributed by atoms with Crippen LogP contribution in [-0.4, -0.2) is 31.8 Å². The number of esters is 2. The van der Waals surface area contributed by atoms with Gasteiger partial charge in [-0.2, -0.15) is 0 Å². The summed E-state index contributed by atoms with van der Waals surface area (Å²) in [7, 11) is 0. The zero-order chi connectivity index (χ0) is 20.9. The highest BCUT2D eigenvalue weighted by atomic mass is 19.1. The first kappa shape index (κ1) is 21.0. The predicted molar refractivity (Wildman–Crippen MR) is 104 cm³/mol. The largest absolute Gasteiger partial charge is 0.465 e. The highest BCUT2D eigenvalue weighted by molar-refractivity contribution is 6.02. The summed E-state index contributed by atoms with van der Waals surface area (Å²) in [6, 6.07) is 15.2. The van der Waals surface area contributed by atoms with E-state index in [-0.39, 0.29) is 19.8 Å². The lowest BCUT2D eigenvalue weighted by atomic mass is 9.69. The average Bonchev–Trinajstić information content (AvgIpc) is 3.09. The molecule has 0 aromatic heterocycles. The van der Waals surface area contributed by atoms with Crippen molar-refractivity contribution in [3.63, 3.8) is 0 Å². The zero-order valence-corrected chi connectivity index (χ0v) is 16.6. The van der Waals surface area contributed by atoms with Crippen LogP contribution in [0.2, 0.25) is 0 Å². The number of halogens is 1. The van der Waals surface area contributed by atoms with E-state index in [0.717, 1.165) is 5.56 Å². The lowest BCUT2D eigenvalue weighted by molar-refractivity contribution is -0.179. The summed E-state index contributed by atoms with van der Waals surface area (Å²) in [5.74, 6) is -2.25. The van der Waals surface area contributed by atoms with E-state index >= 15 is 0 Å². The van der Waals surface area contributed by atoms with Crippen LogP contribution in [0.5, 0.6) is 0 Å². The molecule has 29 heavy (non-hydrogen) atoms. The number of benzene rings is 2. The van der Waals surface area contributed by atoms with Crippen LogP contribution in [-0.2, 0) is 30.2 Å². The third-order valence-corrected chi connectivity index (χ3v) is 5.25. The fourth-order valence-electron chi connectivity index (χ4n) is 3.94. The molecule has 2 aromatic carbocycles. The summed E-state index contributed by atoms with van der Waals surface area (Å²) in [5.41, 5.74) is -0.165. The van der Waals surface area contributed by atoms with Crippen molar-refractivity contribution >= 4 is 11.9 Å². The molecule has 0 aliphatic carbocycles. The summed E-state index contributed by atoms with van der Waals surface area (Å²) >= 11 is 0. The zero-order valence-electron chi connectivity index (χ0n) is 16.6. The maximum atomic E-state index is 13.5. The van der Waals surface area contributed by atoms with Gasteiger partial charge in [-0.1, -0.05) is 42.5 Å². The molecule has 1 heterocycles. The standard InChI is InChI=1S/C23H25FO5/c1-3-27-21(25)23(22(26)28-4-2)18(14-16-8-6-5-7-9-16)15-29-20(23)17-10-12-19(24)13-11-17/h5-13,18,20H,3-4,14-15H2,1-2H3/t18-,20+/m1/s1. The monoisotopic (exact) mass is 400 g/mol. The second kappa shape index (κ2) is 9.18. The molecule has 1 aliphatic rings. The second-order valence-corrected chi connectivity index (χ2v) is 6.96. The van der Waals surface area contributed by atoms with Gasteiger partial charge >= 0.3 is 11.9 Å². The van der Waals surface area contributed by atoms with Gasteiger partial charge in [0.05, 0.1) is 19.8 Å². The normalized spacial score (nSPS) is 20.2. The first-order valence-electron chi connectivity index (χ1n) is 9.79. The van der Waals surface area contributed by atoms with Gasteiger partial charge in [-0.15, -0.1) is 0 Å². The molecule has 0 radical (unpaired) electrons. The number of hydrogen-bond acceptors (Lipinski definition) is 5. The van der Waals surface area contributed by atoms with Crippen LogP contribution < -0.4 is 0 Å². The molecular formula is C23H25FO5. The first-order chi connectivity index (χ1) is 14.0. The Hall–Kier alpha value is -2.73. The van der Waals surface area contributed by atoms with E-state index < -0.39 is 35.2 Å². The molecule has 3 rings (SSSR count). The summed E-state index contributed by atoms with van der Waals surface area (Å²) in [6.07, 6.45) is -0.481. The van der Waals surface area contributed by atoms with Gasteiger partial charge in [0.2, 0.25) is 0 Å². The molecule has 1 fully saturated rings. The maximum Gasteiger partial charge on any atom is 0.326 e. The first-order valence-corrected chi connectivity index (χ1v) is 9.79. The van der Waals surface area contributed by atoms with E-state index in [0.29, 0.717) is 12.0 Å². The van der Waals surface area contributed by atoms with Crippen LogP contribution in [0, 0.1) is 17.2 Å². The van der Waals surface area contributed by atoms with Crippen molar-refractivity contribution in [2.24, 2.45) is 11.3 Å². The van der Waals surface area contributed by atoms with E-state index in [1.54, 1.807) is 13.8 Å². The van der Waals surface area contributed by atoms with Crippen molar-refractivity contribution in [2.45, 2.75) is 26.4 Å². The highest BCUT2D eigenvalue weighted by Gasteiger charge is 2.64. The Morgan fingerprint density at radius 1 is 1.00 bits per heavy atom. The fourth-order valence-corrected chi connectivity index (χ4v) is 3.94. The summed E-state index contributed by atoms with van der Waals surface area (Å²) in [4.78, 5) is 26.5. The molecule has 0 unspecified atom stereocenters. The summed E-state index contributed by atoms with van der Waals surface area (Å²) < 4.78 is 30.1. The molecule has 6 heteroatoms. The minimum atomic E-state index is -1.67. The molecular weight excluding hydrogens is 375 g/mol. The third-order valence-electron chi connectivity index (χ3n) is 5.25. The molecule has 1 aliphatic heterocycles. The van der Waals surface area contributed by atoms with Crippen molar-refractivity contribution in [3.05, 3.63) is 71.5 Å². The fraction of sp³-hybridized carbons (Fsp3) is 0.391. The van der Waals surface area contributed by atoms with Gasteiger partial charge in [-0.25, -0.2) is 4.39 Å². The molecule has 0 N–H and O–H groups in total. The lowest BCUT2D eigenvalue weighted by Gasteiger charge is -2.34. The number of hydrogen-bond donors (Lipinski definition) is 0. The van der Waals surface area contributed by atoms with E-state index in [1.165, 1.54) is 24.3 Å². The van der Waals surface area contributed by atoms with Gasteiger partial charge in [0.1, 0.15) is 11.9 Å². The molecule has 0 saturated carbocycles. The predicted octanol–water partition coefficient (Wildman–Crippen LogP) is 3.87. The van der Waals surface area contributed by atoms with Gasteiger partial charge in [0.15, 0.2) is 5.41 Å². The van der Waals surface area contributed by atoms with Gasteiger partial charge in [0, 0.05) is 5.92 Å². The molecule has 0 amide bonds. The van der Waals surface area contributed by atoms with Gasteiger partial charge in [-0.05, 0) is 43.5 Å².